The molecule has 0 aromatic carbocycles. The first-order valence-electron chi connectivity index (χ1n) is 7.22. The molecule has 1 aromatic rings. The summed E-state index contributed by atoms with van der Waals surface area (Å²) in [5, 5.41) is 13.7. The molecule has 118 valence electrons. The molecule has 0 radical (unpaired) electrons. The van der Waals surface area contributed by atoms with Crippen molar-refractivity contribution in [2.24, 2.45) is 5.92 Å². The molecule has 1 rings (SSSR count). The highest BCUT2D eigenvalue weighted by Crippen LogP contribution is 2.11. The molecule has 0 aliphatic carbocycles. The first kappa shape index (κ1) is 17.4. The molecular weight excluding hydrogens is 290 g/mol. The van der Waals surface area contributed by atoms with Crippen LogP contribution in [0.4, 0.5) is 4.79 Å². The summed E-state index contributed by atoms with van der Waals surface area (Å²) in [6.45, 7) is 7.87. The van der Waals surface area contributed by atoms with Gasteiger partial charge in [-0.25, -0.2) is 14.6 Å². The number of urea groups is 1. The Morgan fingerprint density at radius 2 is 2.05 bits per heavy atom. The second-order valence-electron chi connectivity index (χ2n) is 4.81. The molecule has 0 atom stereocenters. The summed E-state index contributed by atoms with van der Waals surface area (Å²) < 4.78 is 0. The van der Waals surface area contributed by atoms with Crippen molar-refractivity contribution in [3.63, 3.8) is 0 Å². The summed E-state index contributed by atoms with van der Waals surface area (Å²) in [5.74, 6) is -0.540. The monoisotopic (exact) mass is 313 g/mol. The lowest BCUT2D eigenvalue weighted by atomic mass is 10.0. The Bertz CT molecular complexity index is 472. The molecule has 0 saturated carbocycles. The number of amides is 2. The number of aromatic carboxylic acids is 1. The van der Waals surface area contributed by atoms with Gasteiger partial charge in [-0.1, -0.05) is 26.7 Å². The van der Waals surface area contributed by atoms with Crippen LogP contribution in [0.25, 0.3) is 0 Å². The number of nitrogens with one attached hydrogen (secondary N) is 1. The number of hydrogen-bond donors (Lipinski definition) is 2. The van der Waals surface area contributed by atoms with Gasteiger partial charge < -0.3 is 15.3 Å². The number of hydrogen-bond acceptors (Lipinski definition) is 4. The van der Waals surface area contributed by atoms with E-state index in [0.717, 1.165) is 19.4 Å². The standard InChI is InChI=1S/C14H23N3O3S/c1-4-10(5-2)8-17(6-3)14(20)15-7-12-16-11(9-21-12)13(18)19/h9-10H,4-8H2,1-3H3,(H,15,20)(H,18,19). The van der Waals surface area contributed by atoms with E-state index in [9.17, 15) is 9.59 Å². The Morgan fingerprint density at radius 3 is 2.52 bits per heavy atom. The fourth-order valence-electron chi connectivity index (χ4n) is 1.97. The van der Waals surface area contributed by atoms with Crippen molar-refractivity contribution in [2.45, 2.75) is 40.2 Å². The van der Waals surface area contributed by atoms with E-state index in [1.165, 1.54) is 16.7 Å². The van der Waals surface area contributed by atoms with Gasteiger partial charge in [0.1, 0.15) is 5.01 Å². The lowest BCUT2D eigenvalue weighted by Crippen LogP contribution is -2.42. The minimum Gasteiger partial charge on any atom is -0.476 e. The summed E-state index contributed by atoms with van der Waals surface area (Å²) in [4.78, 5) is 28.6. The predicted octanol–water partition coefficient (Wildman–Crippen LogP) is 2.81. The largest absolute Gasteiger partial charge is 0.476 e. The Kier molecular flexibility index (Phi) is 7.14. The van der Waals surface area contributed by atoms with Gasteiger partial charge in [-0.15, -0.1) is 11.3 Å². The van der Waals surface area contributed by atoms with Gasteiger partial charge in [0, 0.05) is 18.5 Å². The van der Waals surface area contributed by atoms with Crippen molar-refractivity contribution in [3.8, 4) is 0 Å². The van der Waals surface area contributed by atoms with Gasteiger partial charge in [0.25, 0.3) is 0 Å². The third-order valence-corrected chi connectivity index (χ3v) is 4.31. The van der Waals surface area contributed by atoms with Gasteiger partial charge in [-0.3, -0.25) is 0 Å². The molecule has 2 N–H and O–H groups in total. The zero-order valence-corrected chi connectivity index (χ0v) is 13.6. The molecule has 1 heterocycles. The number of carbonyl (C=O) groups excluding carboxylic acids is 1. The molecule has 1 aromatic heterocycles. The maximum atomic E-state index is 12.1. The van der Waals surface area contributed by atoms with E-state index in [4.69, 9.17) is 5.11 Å². The average Bonchev–Trinajstić information content (AvgIpc) is 2.95. The number of carbonyl (C=O) groups is 2. The van der Waals surface area contributed by atoms with Gasteiger partial charge in [0.15, 0.2) is 5.69 Å². The van der Waals surface area contributed by atoms with E-state index in [1.807, 2.05) is 6.92 Å². The second-order valence-corrected chi connectivity index (χ2v) is 5.75. The van der Waals surface area contributed by atoms with E-state index < -0.39 is 5.97 Å². The Labute approximate surface area is 129 Å². The minimum atomic E-state index is -1.05. The maximum absolute atomic E-state index is 12.1. The highest BCUT2D eigenvalue weighted by atomic mass is 32.1. The average molecular weight is 313 g/mol. The number of aromatic nitrogens is 1. The molecule has 7 heteroatoms. The molecule has 0 saturated heterocycles. The minimum absolute atomic E-state index is 0.0219. The van der Waals surface area contributed by atoms with E-state index in [1.54, 1.807) is 4.90 Å². The van der Waals surface area contributed by atoms with Gasteiger partial charge >= 0.3 is 12.0 Å². The van der Waals surface area contributed by atoms with Crippen LogP contribution in [0.1, 0.15) is 49.1 Å². The summed E-state index contributed by atoms with van der Waals surface area (Å²) in [6, 6.07) is -0.128. The highest BCUT2D eigenvalue weighted by Gasteiger charge is 2.16. The summed E-state index contributed by atoms with van der Waals surface area (Å²) >= 11 is 1.24. The van der Waals surface area contributed by atoms with Gasteiger partial charge in [0.05, 0.1) is 6.54 Å². The summed E-state index contributed by atoms with van der Waals surface area (Å²) in [6.07, 6.45) is 2.10. The van der Waals surface area contributed by atoms with Crippen LogP contribution in [0.5, 0.6) is 0 Å². The number of nitrogens with zero attached hydrogens (tertiary/aromatic N) is 2. The van der Waals surface area contributed by atoms with Crippen molar-refractivity contribution < 1.29 is 14.7 Å². The summed E-state index contributed by atoms with van der Waals surface area (Å²) in [5.41, 5.74) is 0.0219. The van der Waals surface area contributed by atoms with Crippen molar-refractivity contribution in [1.82, 2.24) is 15.2 Å². The van der Waals surface area contributed by atoms with Crippen LogP contribution in [0.2, 0.25) is 0 Å². The molecule has 2 amide bonds. The van der Waals surface area contributed by atoms with Crippen LogP contribution in [0.15, 0.2) is 5.38 Å². The predicted molar refractivity (Wildman–Crippen MR) is 82.6 cm³/mol. The van der Waals surface area contributed by atoms with Gasteiger partial charge in [-0.05, 0) is 12.8 Å². The Morgan fingerprint density at radius 1 is 1.38 bits per heavy atom. The first-order valence-corrected chi connectivity index (χ1v) is 8.10. The van der Waals surface area contributed by atoms with Crippen molar-refractivity contribution in [1.29, 1.82) is 0 Å². The number of carboxylic acids is 1. The molecule has 6 nitrogen and oxygen atoms in total. The molecule has 0 aliphatic rings. The van der Waals surface area contributed by atoms with Crippen molar-refractivity contribution in [3.05, 3.63) is 16.1 Å². The molecule has 0 unspecified atom stereocenters. The fourth-order valence-corrected chi connectivity index (χ4v) is 2.68. The van der Waals surface area contributed by atoms with Crippen LogP contribution in [-0.4, -0.2) is 40.1 Å². The fraction of sp³-hybridized carbons (Fsp3) is 0.643. The first-order chi connectivity index (χ1) is 10.0. The molecular formula is C14H23N3O3S. The highest BCUT2D eigenvalue weighted by molar-refractivity contribution is 7.09. The zero-order valence-electron chi connectivity index (χ0n) is 12.8. The normalized spacial score (nSPS) is 10.7. The van der Waals surface area contributed by atoms with E-state index in [0.29, 0.717) is 17.5 Å². The number of carboxylic acid groups (broad SMARTS) is 1. The zero-order chi connectivity index (χ0) is 15.8. The van der Waals surface area contributed by atoms with Crippen LogP contribution in [-0.2, 0) is 6.54 Å². The lowest BCUT2D eigenvalue weighted by Gasteiger charge is -2.25. The van der Waals surface area contributed by atoms with Crippen LogP contribution >= 0.6 is 11.3 Å². The van der Waals surface area contributed by atoms with Crippen LogP contribution in [0.3, 0.4) is 0 Å². The molecule has 0 aliphatic heterocycles. The van der Waals surface area contributed by atoms with Crippen LogP contribution in [0, 0.1) is 5.92 Å². The molecule has 0 fully saturated rings. The maximum Gasteiger partial charge on any atom is 0.355 e. The van der Waals surface area contributed by atoms with Gasteiger partial charge in [0.2, 0.25) is 0 Å². The molecule has 21 heavy (non-hydrogen) atoms. The topological polar surface area (TPSA) is 82.5 Å². The quantitative estimate of drug-likeness (QED) is 0.773. The van der Waals surface area contributed by atoms with E-state index >= 15 is 0 Å². The smallest absolute Gasteiger partial charge is 0.355 e. The molecule has 0 bridgehead atoms. The lowest BCUT2D eigenvalue weighted by molar-refractivity contribution is 0.0691. The Balaban J connectivity index is 2.51. The van der Waals surface area contributed by atoms with E-state index in [2.05, 4.69) is 24.1 Å². The van der Waals surface area contributed by atoms with Gasteiger partial charge in [-0.2, -0.15) is 0 Å². The Hall–Kier alpha value is -1.63. The number of rotatable bonds is 8. The number of thiazole rings is 1. The van der Waals surface area contributed by atoms with E-state index in [-0.39, 0.29) is 18.3 Å². The van der Waals surface area contributed by atoms with Crippen molar-refractivity contribution >= 4 is 23.3 Å². The molecule has 0 spiro atoms. The SMILES string of the molecule is CCC(CC)CN(CC)C(=O)NCc1nc(C(=O)O)cs1. The third kappa shape index (κ3) is 5.34. The second kappa shape index (κ2) is 8.61. The summed E-state index contributed by atoms with van der Waals surface area (Å²) in [7, 11) is 0. The van der Waals surface area contributed by atoms with Crippen LogP contribution < -0.4 is 5.32 Å². The van der Waals surface area contributed by atoms with Crippen molar-refractivity contribution in [2.75, 3.05) is 13.1 Å². The third-order valence-electron chi connectivity index (χ3n) is 3.46.